The Hall–Kier alpha value is -0.770. The molecule has 0 radical (unpaired) electrons. The molecule has 0 aromatic rings. The van der Waals surface area contributed by atoms with E-state index in [0.717, 1.165) is 38.6 Å². The van der Waals surface area contributed by atoms with Crippen molar-refractivity contribution in [2.24, 2.45) is 5.92 Å². The van der Waals surface area contributed by atoms with Crippen LogP contribution in [0.2, 0.25) is 0 Å². The summed E-state index contributed by atoms with van der Waals surface area (Å²) < 4.78 is 0. The van der Waals surface area contributed by atoms with Gasteiger partial charge in [-0.25, -0.2) is 4.79 Å². The van der Waals surface area contributed by atoms with Gasteiger partial charge in [-0.1, -0.05) is 26.2 Å². The summed E-state index contributed by atoms with van der Waals surface area (Å²) in [6.07, 6.45) is 6.44. The molecule has 0 aliphatic heterocycles. The second-order valence-electron chi connectivity index (χ2n) is 4.59. The maximum Gasteiger partial charge on any atom is 0.315 e. The molecule has 3 N–H and O–H groups in total. The Bertz CT molecular complexity index is 209. The zero-order chi connectivity index (χ0) is 11.8. The van der Waals surface area contributed by atoms with E-state index in [0.29, 0.717) is 0 Å². The van der Waals surface area contributed by atoms with E-state index < -0.39 is 0 Å². The third-order valence-electron chi connectivity index (χ3n) is 3.28. The molecular formula is C12H24N2O2. The zero-order valence-corrected chi connectivity index (χ0v) is 10.2. The summed E-state index contributed by atoms with van der Waals surface area (Å²) >= 11 is 0. The largest absolute Gasteiger partial charge is 0.396 e. The number of carbonyl (C=O) groups is 1. The molecule has 1 rings (SSSR count). The van der Waals surface area contributed by atoms with Crippen molar-refractivity contribution in [2.45, 2.75) is 51.5 Å². The number of hydrogen-bond acceptors (Lipinski definition) is 2. The van der Waals surface area contributed by atoms with E-state index in [1.54, 1.807) is 0 Å². The van der Waals surface area contributed by atoms with Crippen LogP contribution in [-0.2, 0) is 0 Å². The van der Waals surface area contributed by atoms with E-state index in [9.17, 15) is 9.90 Å². The third-order valence-corrected chi connectivity index (χ3v) is 3.28. The fourth-order valence-electron chi connectivity index (χ4n) is 2.21. The summed E-state index contributed by atoms with van der Waals surface area (Å²) in [6.45, 7) is 3.02. The number of nitrogens with one attached hydrogen (secondary N) is 2. The molecule has 0 aromatic heterocycles. The van der Waals surface area contributed by atoms with Crippen molar-refractivity contribution < 1.29 is 9.90 Å². The number of amides is 2. The summed E-state index contributed by atoms with van der Waals surface area (Å²) in [5.74, 6) is 0.241. The molecular weight excluding hydrogens is 204 g/mol. The van der Waals surface area contributed by atoms with E-state index >= 15 is 0 Å². The molecule has 0 heterocycles. The normalized spacial score (nSPS) is 25.1. The first-order chi connectivity index (χ1) is 7.77. The number of aliphatic hydroxyl groups excluding tert-OH is 1. The molecule has 16 heavy (non-hydrogen) atoms. The summed E-state index contributed by atoms with van der Waals surface area (Å²) in [7, 11) is 0. The highest BCUT2D eigenvalue weighted by molar-refractivity contribution is 5.74. The number of urea groups is 1. The molecule has 94 valence electrons. The minimum absolute atomic E-state index is 0.0844. The van der Waals surface area contributed by atoms with Crippen LogP contribution in [0.1, 0.15) is 45.4 Å². The van der Waals surface area contributed by atoms with E-state index in [4.69, 9.17) is 0 Å². The number of rotatable bonds is 5. The van der Waals surface area contributed by atoms with E-state index in [2.05, 4.69) is 17.6 Å². The van der Waals surface area contributed by atoms with Gasteiger partial charge in [0.25, 0.3) is 0 Å². The van der Waals surface area contributed by atoms with Crippen molar-refractivity contribution in [1.29, 1.82) is 0 Å². The SMILES string of the molecule is CCCCNC(=O)N[C@@H]1CCCC[C@H]1CO. The fraction of sp³-hybridized carbons (Fsp3) is 0.917. The summed E-state index contributed by atoms with van der Waals surface area (Å²) in [6, 6.07) is 0.0687. The zero-order valence-electron chi connectivity index (χ0n) is 10.2. The first-order valence-electron chi connectivity index (χ1n) is 6.43. The van der Waals surface area contributed by atoms with Crippen LogP contribution in [0.15, 0.2) is 0 Å². The highest BCUT2D eigenvalue weighted by atomic mass is 16.3. The van der Waals surface area contributed by atoms with Crippen LogP contribution in [0.4, 0.5) is 4.79 Å². The Balaban J connectivity index is 2.25. The number of hydrogen-bond donors (Lipinski definition) is 3. The third kappa shape index (κ3) is 4.39. The van der Waals surface area contributed by atoms with Crippen LogP contribution in [0, 0.1) is 5.92 Å². The number of unbranched alkanes of at least 4 members (excludes halogenated alkanes) is 1. The average Bonchev–Trinajstić information content (AvgIpc) is 2.30. The van der Waals surface area contributed by atoms with Crippen molar-refractivity contribution in [3.8, 4) is 0 Å². The molecule has 0 aromatic carbocycles. The second kappa shape index (κ2) is 7.49. The Morgan fingerprint density at radius 2 is 2.12 bits per heavy atom. The number of aliphatic hydroxyl groups is 1. The van der Waals surface area contributed by atoms with Gasteiger partial charge in [-0.05, 0) is 19.3 Å². The van der Waals surface area contributed by atoms with Gasteiger partial charge < -0.3 is 15.7 Å². The van der Waals surface area contributed by atoms with Gasteiger partial charge in [-0.2, -0.15) is 0 Å². The van der Waals surface area contributed by atoms with Crippen LogP contribution >= 0.6 is 0 Å². The molecule has 1 aliphatic rings. The van der Waals surface area contributed by atoms with Crippen LogP contribution in [-0.4, -0.2) is 30.3 Å². The summed E-state index contributed by atoms with van der Waals surface area (Å²) in [4.78, 5) is 11.5. The molecule has 2 amide bonds. The van der Waals surface area contributed by atoms with Gasteiger partial charge in [0, 0.05) is 25.1 Å². The van der Waals surface area contributed by atoms with Gasteiger partial charge >= 0.3 is 6.03 Å². The van der Waals surface area contributed by atoms with E-state index in [1.807, 2.05) is 0 Å². The second-order valence-corrected chi connectivity index (χ2v) is 4.59. The smallest absolute Gasteiger partial charge is 0.315 e. The van der Waals surface area contributed by atoms with Crippen molar-refractivity contribution in [2.75, 3.05) is 13.2 Å². The lowest BCUT2D eigenvalue weighted by Crippen LogP contribution is -2.47. The van der Waals surface area contributed by atoms with Crippen LogP contribution in [0.3, 0.4) is 0 Å². The molecule has 0 bridgehead atoms. The van der Waals surface area contributed by atoms with Gasteiger partial charge in [0.05, 0.1) is 0 Å². The Labute approximate surface area is 97.8 Å². The quantitative estimate of drug-likeness (QED) is 0.626. The van der Waals surface area contributed by atoms with E-state index in [1.165, 1.54) is 6.42 Å². The fourth-order valence-corrected chi connectivity index (χ4v) is 2.21. The molecule has 0 saturated heterocycles. The van der Waals surface area contributed by atoms with Gasteiger partial charge in [0.15, 0.2) is 0 Å². The highest BCUT2D eigenvalue weighted by Gasteiger charge is 2.25. The van der Waals surface area contributed by atoms with Crippen LogP contribution < -0.4 is 10.6 Å². The molecule has 2 atom stereocenters. The minimum atomic E-state index is -0.0844. The highest BCUT2D eigenvalue weighted by Crippen LogP contribution is 2.23. The maximum atomic E-state index is 11.5. The van der Waals surface area contributed by atoms with Gasteiger partial charge in [0.1, 0.15) is 0 Å². The molecule has 0 unspecified atom stereocenters. The van der Waals surface area contributed by atoms with Crippen molar-refractivity contribution in [3.63, 3.8) is 0 Å². The van der Waals surface area contributed by atoms with Crippen LogP contribution in [0.25, 0.3) is 0 Å². The topological polar surface area (TPSA) is 61.4 Å². The molecule has 4 heteroatoms. The first kappa shape index (κ1) is 13.3. The maximum absolute atomic E-state index is 11.5. The molecule has 1 aliphatic carbocycles. The Morgan fingerprint density at radius 1 is 1.38 bits per heavy atom. The first-order valence-corrected chi connectivity index (χ1v) is 6.43. The lowest BCUT2D eigenvalue weighted by Gasteiger charge is -2.30. The lowest BCUT2D eigenvalue weighted by atomic mass is 9.85. The average molecular weight is 228 g/mol. The molecule has 1 saturated carbocycles. The van der Waals surface area contributed by atoms with Crippen molar-refractivity contribution in [1.82, 2.24) is 10.6 Å². The summed E-state index contributed by atoms with van der Waals surface area (Å²) in [5.41, 5.74) is 0. The van der Waals surface area contributed by atoms with Crippen LogP contribution in [0.5, 0.6) is 0 Å². The van der Waals surface area contributed by atoms with Gasteiger partial charge in [0.2, 0.25) is 0 Å². The monoisotopic (exact) mass is 228 g/mol. The molecule has 1 fully saturated rings. The predicted octanol–water partition coefficient (Wildman–Crippen LogP) is 1.64. The van der Waals surface area contributed by atoms with Crippen molar-refractivity contribution >= 4 is 6.03 Å². The molecule has 4 nitrogen and oxygen atoms in total. The Kier molecular flexibility index (Phi) is 6.23. The number of carbonyl (C=O) groups excluding carboxylic acids is 1. The Morgan fingerprint density at radius 3 is 2.81 bits per heavy atom. The summed E-state index contributed by atoms with van der Waals surface area (Å²) in [5, 5.41) is 15.0. The van der Waals surface area contributed by atoms with E-state index in [-0.39, 0.29) is 24.6 Å². The van der Waals surface area contributed by atoms with Gasteiger partial charge in [-0.3, -0.25) is 0 Å². The van der Waals surface area contributed by atoms with Crippen molar-refractivity contribution in [3.05, 3.63) is 0 Å². The standard InChI is InChI=1S/C12H24N2O2/c1-2-3-8-13-12(16)14-11-7-5-4-6-10(11)9-15/h10-11,15H,2-9H2,1H3,(H2,13,14,16)/t10-,11+/m0/s1. The van der Waals surface area contributed by atoms with Gasteiger partial charge in [-0.15, -0.1) is 0 Å². The lowest BCUT2D eigenvalue weighted by molar-refractivity contribution is 0.153. The molecule has 0 spiro atoms. The minimum Gasteiger partial charge on any atom is -0.396 e. The predicted molar refractivity (Wildman–Crippen MR) is 64.3 cm³/mol.